The Morgan fingerprint density at radius 1 is 0.889 bits per heavy atom. The molecule has 0 fully saturated rings. The maximum atomic E-state index is 12.7. The molecule has 5 nitrogen and oxygen atoms in total. The molecule has 2 N–H and O–H groups in total. The van der Waals surface area contributed by atoms with Crippen molar-refractivity contribution in [2.45, 2.75) is 4.90 Å². The molecule has 0 saturated carbocycles. The molecule has 0 aliphatic heterocycles. The summed E-state index contributed by atoms with van der Waals surface area (Å²) in [5.74, 6) is -0.427. The standard InChI is InChI=1S/C19H14ClIN2O3S/c20-17-11-6-13(19(24)22-15-9-7-14(21)8-10-15)12-18(17)27(25,26)23-16-4-2-1-3-5-16/h1-12,23H,(H,22,24). The van der Waals surface area contributed by atoms with Crippen LogP contribution in [0, 0.1) is 3.57 Å². The van der Waals surface area contributed by atoms with Crippen molar-refractivity contribution in [3.05, 3.63) is 87.0 Å². The van der Waals surface area contributed by atoms with Gasteiger partial charge in [0.05, 0.1) is 5.02 Å². The zero-order valence-electron chi connectivity index (χ0n) is 13.8. The van der Waals surface area contributed by atoms with Gasteiger partial charge >= 0.3 is 0 Å². The Bertz CT molecular complexity index is 1070. The van der Waals surface area contributed by atoms with Gasteiger partial charge < -0.3 is 5.32 Å². The van der Waals surface area contributed by atoms with Gasteiger partial charge in [-0.15, -0.1) is 0 Å². The fraction of sp³-hybridized carbons (Fsp3) is 0. The first-order valence-electron chi connectivity index (χ1n) is 7.79. The molecule has 1 amide bonds. The van der Waals surface area contributed by atoms with Gasteiger partial charge in [0.1, 0.15) is 4.90 Å². The predicted molar refractivity (Wildman–Crippen MR) is 116 cm³/mol. The van der Waals surface area contributed by atoms with Crippen LogP contribution < -0.4 is 10.0 Å². The van der Waals surface area contributed by atoms with Crippen molar-refractivity contribution >= 4 is 61.5 Å². The third-order valence-corrected chi connectivity index (χ3v) is 6.19. The summed E-state index contributed by atoms with van der Waals surface area (Å²) >= 11 is 8.24. The topological polar surface area (TPSA) is 75.3 Å². The highest BCUT2D eigenvalue weighted by atomic mass is 127. The molecule has 27 heavy (non-hydrogen) atoms. The maximum Gasteiger partial charge on any atom is 0.263 e. The van der Waals surface area contributed by atoms with E-state index in [4.69, 9.17) is 11.6 Å². The van der Waals surface area contributed by atoms with Crippen molar-refractivity contribution in [2.75, 3.05) is 10.0 Å². The first-order chi connectivity index (χ1) is 12.8. The first-order valence-corrected chi connectivity index (χ1v) is 10.7. The summed E-state index contributed by atoms with van der Waals surface area (Å²) in [6.07, 6.45) is 0. The average Bonchev–Trinajstić information content (AvgIpc) is 2.64. The molecule has 0 atom stereocenters. The van der Waals surface area contributed by atoms with Gasteiger partial charge in [-0.3, -0.25) is 9.52 Å². The third-order valence-electron chi connectivity index (χ3n) is 3.61. The van der Waals surface area contributed by atoms with Crippen LogP contribution in [0.2, 0.25) is 5.02 Å². The van der Waals surface area contributed by atoms with Gasteiger partial charge in [-0.25, -0.2) is 8.42 Å². The van der Waals surface area contributed by atoms with E-state index in [9.17, 15) is 13.2 Å². The minimum Gasteiger partial charge on any atom is -0.322 e. The van der Waals surface area contributed by atoms with Crippen molar-refractivity contribution in [1.82, 2.24) is 0 Å². The minimum absolute atomic E-state index is 0.0317. The molecule has 8 heteroatoms. The van der Waals surface area contributed by atoms with Gasteiger partial charge in [-0.1, -0.05) is 29.8 Å². The van der Waals surface area contributed by atoms with Crippen LogP contribution in [0.3, 0.4) is 0 Å². The van der Waals surface area contributed by atoms with E-state index < -0.39 is 15.9 Å². The van der Waals surface area contributed by atoms with Crippen LogP contribution in [0.25, 0.3) is 0 Å². The smallest absolute Gasteiger partial charge is 0.263 e. The summed E-state index contributed by atoms with van der Waals surface area (Å²) in [5.41, 5.74) is 1.20. The molecular weight excluding hydrogens is 499 g/mol. The molecular formula is C19H14ClIN2O3S. The highest BCUT2D eigenvalue weighted by molar-refractivity contribution is 14.1. The average molecular weight is 513 g/mol. The van der Waals surface area contributed by atoms with Gasteiger partial charge in [-0.2, -0.15) is 0 Å². The van der Waals surface area contributed by atoms with E-state index in [2.05, 4.69) is 32.6 Å². The van der Waals surface area contributed by atoms with Crippen LogP contribution in [0.1, 0.15) is 10.4 Å². The Morgan fingerprint density at radius 2 is 1.56 bits per heavy atom. The highest BCUT2D eigenvalue weighted by Crippen LogP contribution is 2.25. The number of hydrogen-bond acceptors (Lipinski definition) is 3. The molecule has 0 bridgehead atoms. The predicted octanol–water partition coefficient (Wildman–Crippen LogP) is 5.00. The lowest BCUT2D eigenvalue weighted by atomic mass is 10.2. The number of halogens is 2. The first kappa shape index (κ1) is 19.7. The fourth-order valence-corrected chi connectivity index (χ4v) is 4.25. The third kappa shape index (κ3) is 5.00. The Balaban J connectivity index is 1.87. The van der Waals surface area contributed by atoms with E-state index in [0.29, 0.717) is 11.4 Å². The number of amides is 1. The van der Waals surface area contributed by atoms with E-state index in [1.165, 1.54) is 18.2 Å². The summed E-state index contributed by atoms with van der Waals surface area (Å²) in [4.78, 5) is 12.3. The van der Waals surface area contributed by atoms with E-state index in [1.807, 2.05) is 12.1 Å². The molecule has 0 unspecified atom stereocenters. The summed E-state index contributed by atoms with van der Waals surface area (Å²) in [7, 11) is -3.94. The largest absolute Gasteiger partial charge is 0.322 e. The maximum absolute atomic E-state index is 12.7. The van der Waals surface area contributed by atoms with Crippen molar-refractivity contribution in [2.24, 2.45) is 0 Å². The summed E-state index contributed by atoms with van der Waals surface area (Å²) < 4.78 is 28.8. The lowest BCUT2D eigenvalue weighted by molar-refractivity contribution is 0.102. The van der Waals surface area contributed by atoms with E-state index in [-0.39, 0.29) is 15.5 Å². The molecule has 138 valence electrons. The Labute approximate surface area is 175 Å². The Hall–Kier alpha value is -2.10. The number of carbonyl (C=O) groups is 1. The molecule has 3 aromatic carbocycles. The zero-order valence-corrected chi connectivity index (χ0v) is 17.5. The van der Waals surface area contributed by atoms with Gasteiger partial charge in [0.15, 0.2) is 0 Å². The molecule has 0 aliphatic carbocycles. The van der Waals surface area contributed by atoms with Crippen molar-refractivity contribution < 1.29 is 13.2 Å². The van der Waals surface area contributed by atoms with Gasteiger partial charge in [-0.05, 0) is 77.2 Å². The van der Waals surface area contributed by atoms with Gasteiger partial charge in [0.2, 0.25) is 0 Å². The number of rotatable bonds is 5. The Kier molecular flexibility index (Phi) is 6.03. The second-order valence-corrected chi connectivity index (χ2v) is 8.88. The van der Waals surface area contributed by atoms with E-state index >= 15 is 0 Å². The van der Waals surface area contributed by atoms with E-state index in [1.54, 1.807) is 42.5 Å². The number of anilines is 2. The highest BCUT2D eigenvalue weighted by Gasteiger charge is 2.20. The van der Waals surface area contributed by atoms with Gasteiger partial charge in [0.25, 0.3) is 15.9 Å². The zero-order chi connectivity index (χ0) is 19.4. The second kappa shape index (κ2) is 8.28. The summed E-state index contributed by atoms with van der Waals surface area (Å²) in [6, 6.07) is 19.8. The molecule has 3 rings (SSSR count). The van der Waals surface area contributed by atoms with Crippen LogP contribution in [0.4, 0.5) is 11.4 Å². The number of sulfonamides is 1. The van der Waals surface area contributed by atoms with Crippen molar-refractivity contribution in [3.63, 3.8) is 0 Å². The molecule has 0 aromatic heterocycles. The van der Waals surface area contributed by atoms with Crippen molar-refractivity contribution in [3.8, 4) is 0 Å². The van der Waals surface area contributed by atoms with Crippen LogP contribution in [-0.2, 0) is 10.0 Å². The Morgan fingerprint density at radius 3 is 2.22 bits per heavy atom. The molecule has 0 heterocycles. The molecule has 0 saturated heterocycles. The monoisotopic (exact) mass is 512 g/mol. The molecule has 0 spiro atoms. The van der Waals surface area contributed by atoms with Crippen LogP contribution >= 0.6 is 34.2 Å². The molecule has 0 radical (unpaired) electrons. The molecule has 3 aromatic rings. The number of nitrogens with one attached hydrogen (secondary N) is 2. The number of carbonyl (C=O) groups excluding carboxylic acids is 1. The second-order valence-electron chi connectivity index (χ2n) is 5.58. The molecule has 0 aliphatic rings. The normalized spacial score (nSPS) is 11.0. The van der Waals surface area contributed by atoms with E-state index in [0.717, 1.165) is 3.57 Å². The van der Waals surface area contributed by atoms with Crippen LogP contribution in [0.5, 0.6) is 0 Å². The lowest BCUT2D eigenvalue weighted by Crippen LogP contribution is -2.16. The lowest BCUT2D eigenvalue weighted by Gasteiger charge is -2.11. The summed E-state index contributed by atoms with van der Waals surface area (Å²) in [6.45, 7) is 0. The number of para-hydroxylation sites is 1. The summed E-state index contributed by atoms with van der Waals surface area (Å²) in [5, 5.41) is 2.76. The van der Waals surface area contributed by atoms with Crippen molar-refractivity contribution in [1.29, 1.82) is 0 Å². The van der Waals surface area contributed by atoms with Gasteiger partial charge in [0, 0.05) is 20.5 Å². The van der Waals surface area contributed by atoms with Crippen LogP contribution in [0.15, 0.2) is 77.7 Å². The number of benzene rings is 3. The van der Waals surface area contributed by atoms with Crippen LogP contribution in [-0.4, -0.2) is 14.3 Å². The SMILES string of the molecule is O=C(Nc1ccc(I)cc1)c1ccc(Cl)c(S(=O)(=O)Nc2ccccc2)c1. The quantitative estimate of drug-likeness (QED) is 0.473. The minimum atomic E-state index is -3.94. The fourth-order valence-electron chi connectivity index (χ4n) is 2.30. The number of hydrogen-bond donors (Lipinski definition) is 2.